The second kappa shape index (κ2) is 7.14. The number of aryl methyl sites for hydroxylation is 1. The molecule has 0 atom stereocenters. The Bertz CT molecular complexity index is 754. The van der Waals surface area contributed by atoms with E-state index in [0.29, 0.717) is 30.5 Å². The number of ether oxygens (including phenoxy) is 1. The lowest BCUT2D eigenvalue weighted by Crippen LogP contribution is -2.20. The molecule has 0 bridgehead atoms. The van der Waals surface area contributed by atoms with Crippen molar-refractivity contribution in [3.05, 3.63) is 18.0 Å². The van der Waals surface area contributed by atoms with E-state index in [1.54, 1.807) is 7.11 Å². The topological polar surface area (TPSA) is 57.0 Å². The maximum absolute atomic E-state index is 12.1. The summed E-state index contributed by atoms with van der Waals surface area (Å²) in [5.74, 6) is 2.03. The van der Waals surface area contributed by atoms with Crippen molar-refractivity contribution in [2.24, 2.45) is 5.41 Å². The van der Waals surface area contributed by atoms with Crippen molar-refractivity contribution in [3.63, 3.8) is 0 Å². The number of imidazole rings is 1. The number of hydrogen-bond donors (Lipinski definition) is 0. The first-order valence-corrected chi connectivity index (χ1v) is 9.31. The number of fused-ring (bicyclic) bond motifs is 1. The number of hydrogen-bond acceptors (Lipinski definition) is 4. The van der Waals surface area contributed by atoms with Gasteiger partial charge in [0.15, 0.2) is 5.65 Å². The Morgan fingerprint density at radius 3 is 2.64 bits per heavy atom. The highest BCUT2D eigenvalue weighted by Gasteiger charge is 2.25. The van der Waals surface area contributed by atoms with Crippen LogP contribution >= 0.6 is 0 Å². The molecular weight excluding hydrogens is 314 g/mol. The van der Waals surface area contributed by atoms with Crippen LogP contribution < -0.4 is 4.74 Å². The number of nitrogens with zero attached hydrogens (tertiary/aromatic N) is 3. The molecule has 1 fully saturated rings. The Morgan fingerprint density at radius 2 is 2.04 bits per heavy atom. The normalized spacial score (nSPS) is 15.4. The van der Waals surface area contributed by atoms with E-state index in [-0.39, 0.29) is 5.41 Å². The molecule has 0 N–H and O–H groups in total. The molecule has 1 saturated carbocycles. The van der Waals surface area contributed by atoms with Crippen molar-refractivity contribution in [2.45, 2.75) is 71.8 Å². The van der Waals surface area contributed by atoms with Gasteiger partial charge in [-0.3, -0.25) is 4.79 Å². The molecule has 1 aliphatic rings. The Balaban J connectivity index is 1.75. The molecule has 3 rings (SSSR count). The van der Waals surface area contributed by atoms with Gasteiger partial charge in [0, 0.05) is 31.4 Å². The molecule has 0 saturated heterocycles. The fraction of sp³-hybridized carbons (Fsp3) is 0.650. The zero-order valence-electron chi connectivity index (χ0n) is 15.8. The van der Waals surface area contributed by atoms with Gasteiger partial charge in [-0.25, -0.2) is 4.98 Å². The first kappa shape index (κ1) is 17.9. The van der Waals surface area contributed by atoms with E-state index >= 15 is 0 Å². The summed E-state index contributed by atoms with van der Waals surface area (Å²) in [7, 11) is 1.64. The zero-order chi connectivity index (χ0) is 18.0. The van der Waals surface area contributed by atoms with Crippen LogP contribution in [0.25, 0.3) is 11.2 Å². The number of rotatable bonds is 7. The van der Waals surface area contributed by atoms with E-state index in [0.717, 1.165) is 29.8 Å². The number of carbonyl (C=O) groups excluding carboxylic acids is 1. The van der Waals surface area contributed by atoms with Crippen LogP contribution in [0.1, 0.15) is 71.2 Å². The third kappa shape index (κ3) is 4.20. The molecule has 1 aliphatic carbocycles. The second-order valence-electron chi connectivity index (χ2n) is 8.31. The van der Waals surface area contributed by atoms with E-state index < -0.39 is 0 Å². The van der Waals surface area contributed by atoms with Crippen molar-refractivity contribution in [1.29, 1.82) is 0 Å². The predicted molar refractivity (Wildman–Crippen MR) is 99.0 cm³/mol. The van der Waals surface area contributed by atoms with Gasteiger partial charge in [0.25, 0.3) is 0 Å². The summed E-state index contributed by atoms with van der Waals surface area (Å²) < 4.78 is 7.57. The van der Waals surface area contributed by atoms with Crippen molar-refractivity contribution < 1.29 is 9.53 Å². The minimum absolute atomic E-state index is 0.0661. The van der Waals surface area contributed by atoms with Crippen LogP contribution in [0.15, 0.2) is 12.1 Å². The lowest BCUT2D eigenvalue weighted by molar-refractivity contribution is -0.120. The largest absolute Gasteiger partial charge is 0.481 e. The Labute approximate surface area is 149 Å². The lowest BCUT2D eigenvalue weighted by Gasteiger charge is -2.28. The van der Waals surface area contributed by atoms with Crippen molar-refractivity contribution in [1.82, 2.24) is 14.5 Å². The van der Waals surface area contributed by atoms with Gasteiger partial charge < -0.3 is 9.30 Å². The standard InChI is InChI=1S/C20H29N3O2/c1-20(2,3)13-15(24)9-6-10-17-21-16-11-12-18(25-4)22-19(16)23(17)14-7-5-8-14/h11-12,14H,5-10,13H2,1-4H3. The van der Waals surface area contributed by atoms with Gasteiger partial charge in [-0.1, -0.05) is 20.8 Å². The molecule has 136 valence electrons. The van der Waals surface area contributed by atoms with E-state index in [9.17, 15) is 4.79 Å². The molecule has 0 unspecified atom stereocenters. The van der Waals surface area contributed by atoms with Gasteiger partial charge in [-0.15, -0.1) is 0 Å². The van der Waals surface area contributed by atoms with Crippen molar-refractivity contribution in [3.8, 4) is 5.88 Å². The fourth-order valence-corrected chi connectivity index (χ4v) is 3.45. The monoisotopic (exact) mass is 343 g/mol. The molecule has 2 aromatic rings. The van der Waals surface area contributed by atoms with Gasteiger partial charge in [0.05, 0.1) is 7.11 Å². The van der Waals surface area contributed by atoms with E-state index in [1.807, 2.05) is 12.1 Å². The van der Waals surface area contributed by atoms with Gasteiger partial charge in [-0.05, 0) is 37.2 Å². The quantitative estimate of drug-likeness (QED) is 0.743. The lowest BCUT2D eigenvalue weighted by atomic mass is 9.88. The number of ketones is 1. The Hall–Kier alpha value is -1.91. The van der Waals surface area contributed by atoms with Crippen LogP contribution in [0.5, 0.6) is 5.88 Å². The fourth-order valence-electron chi connectivity index (χ4n) is 3.45. The minimum Gasteiger partial charge on any atom is -0.481 e. The SMILES string of the molecule is COc1ccc2nc(CCCC(=O)CC(C)(C)C)n(C3CCC3)c2n1. The zero-order valence-corrected chi connectivity index (χ0v) is 15.8. The molecule has 0 spiro atoms. The highest BCUT2D eigenvalue weighted by Crippen LogP contribution is 2.36. The van der Waals surface area contributed by atoms with Gasteiger partial charge in [-0.2, -0.15) is 4.98 Å². The van der Waals surface area contributed by atoms with Crippen LogP contribution in [0.3, 0.4) is 0 Å². The Kier molecular flexibility index (Phi) is 5.11. The molecule has 0 aliphatic heterocycles. The maximum Gasteiger partial charge on any atom is 0.215 e. The summed E-state index contributed by atoms with van der Waals surface area (Å²) in [6.45, 7) is 6.33. The maximum atomic E-state index is 12.1. The predicted octanol–water partition coefficient (Wildman–Crippen LogP) is 4.49. The number of aromatic nitrogens is 3. The van der Waals surface area contributed by atoms with Crippen LogP contribution in [-0.4, -0.2) is 27.4 Å². The molecular formula is C20H29N3O2. The van der Waals surface area contributed by atoms with E-state index in [4.69, 9.17) is 9.72 Å². The van der Waals surface area contributed by atoms with Crippen LogP contribution in [0.4, 0.5) is 0 Å². The summed E-state index contributed by atoms with van der Waals surface area (Å²) in [6.07, 6.45) is 6.57. The smallest absolute Gasteiger partial charge is 0.215 e. The second-order valence-corrected chi connectivity index (χ2v) is 8.31. The number of carbonyl (C=O) groups is 1. The number of pyridine rings is 1. The van der Waals surface area contributed by atoms with Gasteiger partial charge >= 0.3 is 0 Å². The summed E-state index contributed by atoms with van der Waals surface area (Å²) in [6, 6.07) is 4.33. The van der Waals surface area contributed by atoms with Crippen molar-refractivity contribution >= 4 is 16.9 Å². The average molecular weight is 343 g/mol. The molecule has 0 amide bonds. The molecule has 5 heteroatoms. The van der Waals surface area contributed by atoms with Gasteiger partial charge in [0.1, 0.15) is 17.1 Å². The number of methoxy groups -OCH3 is 1. The first-order valence-electron chi connectivity index (χ1n) is 9.31. The molecule has 0 aromatic carbocycles. The molecule has 5 nitrogen and oxygen atoms in total. The molecule has 25 heavy (non-hydrogen) atoms. The summed E-state index contributed by atoms with van der Waals surface area (Å²) in [5, 5.41) is 0. The summed E-state index contributed by atoms with van der Waals surface area (Å²) in [4.78, 5) is 21.6. The summed E-state index contributed by atoms with van der Waals surface area (Å²) in [5.41, 5.74) is 1.90. The third-order valence-electron chi connectivity index (χ3n) is 4.82. The average Bonchev–Trinajstić information content (AvgIpc) is 2.81. The van der Waals surface area contributed by atoms with E-state index in [1.165, 1.54) is 19.3 Å². The molecule has 0 radical (unpaired) electrons. The number of Topliss-reactive ketones (excluding diaryl/α,β-unsaturated/α-hetero) is 1. The van der Waals surface area contributed by atoms with Crippen LogP contribution in [0.2, 0.25) is 0 Å². The molecule has 2 aromatic heterocycles. The Morgan fingerprint density at radius 1 is 1.28 bits per heavy atom. The molecule has 2 heterocycles. The van der Waals surface area contributed by atoms with Crippen LogP contribution in [-0.2, 0) is 11.2 Å². The van der Waals surface area contributed by atoms with Crippen LogP contribution in [0, 0.1) is 5.41 Å². The van der Waals surface area contributed by atoms with E-state index in [2.05, 4.69) is 30.3 Å². The minimum atomic E-state index is 0.0661. The third-order valence-corrected chi connectivity index (χ3v) is 4.82. The highest BCUT2D eigenvalue weighted by atomic mass is 16.5. The van der Waals surface area contributed by atoms with Crippen molar-refractivity contribution in [2.75, 3.05) is 7.11 Å². The first-order chi connectivity index (χ1) is 11.9. The highest BCUT2D eigenvalue weighted by molar-refractivity contribution is 5.79. The van der Waals surface area contributed by atoms with Gasteiger partial charge in [0.2, 0.25) is 5.88 Å². The summed E-state index contributed by atoms with van der Waals surface area (Å²) >= 11 is 0.